The third-order valence-electron chi connectivity index (χ3n) is 5.67. The largest absolute Gasteiger partial charge is 0.338 e. The Balaban J connectivity index is 1.57. The summed E-state index contributed by atoms with van der Waals surface area (Å²) in [6, 6.07) is 12.8. The number of fused-ring (bicyclic) bond motifs is 1. The minimum atomic E-state index is 0.179. The summed E-state index contributed by atoms with van der Waals surface area (Å²) < 4.78 is 2.00. The number of pyridine rings is 1. The zero-order valence-electron chi connectivity index (χ0n) is 17.2. The van der Waals surface area contributed by atoms with Gasteiger partial charge in [0.2, 0.25) is 5.91 Å². The van der Waals surface area contributed by atoms with E-state index in [0.717, 1.165) is 47.9 Å². The molecule has 0 bridgehead atoms. The molecule has 1 saturated heterocycles. The number of piperidine rings is 1. The number of benzene rings is 1. The number of hydrogen-bond acceptors (Lipinski definition) is 4. The molecule has 0 N–H and O–H groups in total. The fourth-order valence-corrected chi connectivity index (χ4v) is 4.96. The van der Waals surface area contributed by atoms with Crippen LogP contribution in [-0.4, -0.2) is 37.9 Å². The molecule has 2 aromatic heterocycles. The zero-order chi connectivity index (χ0) is 20.2. The summed E-state index contributed by atoms with van der Waals surface area (Å²) in [5.41, 5.74) is 4.14. The quantitative estimate of drug-likeness (QED) is 0.549. The fourth-order valence-electron chi connectivity index (χ4n) is 4.00. The molecule has 6 heteroatoms. The van der Waals surface area contributed by atoms with Crippen molar-refractivity contribution in [3.63, 3.8) is 0 Å². The van der Waals surface area contributed by atoms with Gasteiger partial charge in [-0.25, -0.2) is 9.97 Å². The van der Waals surface area contributed by atoms with Crippen molar-refractivity contribution < 1.29 is 4.79 Å². The minimum absolute atomic E-state index is 0.179. The van der Waals surface area contributed by atoms with Gasteiger partial charge in [-0.15, -0.1) is 0 Å². The maximum Gasteiger partial charge on any atom is 0.242 e. The van der Waals surface area contributed by atoms with Crippen LogP contribution in [0.15, 0.2) is 47.8 Å². The van der Waals surface area contributed by atoms with Crippen molar-refractivity contribution in [1.29, 1.82) is 0 Å². The normalized spacial score (nSPS) is 17.0. The summed E-state index contributed by atoms with van der Waals surface area (Å²) in [7, 11) is 0. The molecule has 3 aromatic rings. The van der Waals surface area contributed by atoms with Crippen LogP contribution in [-0.2, 0) is 17.1 Å². The third-order valence-corrected chi connectivity index (χ3v) is 6.72. The number of thioether (sulfide) groups is 1. The van der Waals surface area contributed by atoms with Crippen molar-refractivity contribution in [1.82, 2.24) is 19.4 Å². The molecule has 3 heterocycles. The van der Waals surface area contributed by atoms with E-state index in [4.69, 9.17) is 4.98 Å². The van der Waals surface area contributed by atoms with Crippen molar-refractivity contribution in [2.45, 2.75) is 63.0 Å². The van der Waals surface area contributed by atoms with Gasteiger partial charge in [-0.1, -0.05) is 48.5 Å². The lowest BCUT2D eigenvalue weighted by molar-refractivity contribution is -0.135. The number of nitrogens with zero attached hydrogens (tertiary/aromatic N) is 4. The van der Waals surface area contributed by atoms with Gasteiger partial charge in [0.25, 0.3) is 0 Å². The van der Waals surface area contributed by atoms with E-state index < -0.39 is 0 Å². The average Bonchev–Trinajstić information content (AvgIpc) is 3.10. The van der Waals surface area contributed by atoms with Gasteiger partial charge in [0.05, 0.1) is 0 Å². The smallest absolute Gasteiger partial charge is 0.242 e. The number of amides is 1. The van der Waals surface area contributed by atoms with Gasteiger partial charge >= 0.3 is 0 Å². The van der Waals surface area contributed by atoms with E-state index in [2.05, 4.69) is 48.0 Å². The Labute approximate surface area is 176 Å². The van der Waals surface area contributed by atoms with Crippen LogP contribution in [0.4, 0.5) is 0 Å². The first-order valence-corrected chi connectivity index (χ1v) is 11.4. The second-order valence-corrected chi connectivity index (χ2v) is 8.69. The van der Waals surface area contributed by atoms with E-state index in [9.17, 15) is 4.79 Å². The molecule has 0 spiro atoms. The standard InChI is InChI=1S/C23H28N4OS/c1-3-19-7-4-5-14-26(19)21(28)15-27-22-20(8-6-13-24-22)25-23(27)29-16-18-11-9-17(2)10-12-18/h6,8-13,19H,3-5,7,14-16H2,1-2H3/t19-/m1/s1. The van der Waals surface area contributed by atoms with Crippen LogP contribution >= 0.6 is 11.8 Å². The molecule has 1 aromatic carbocycles. The molecule has 1 atom stereocenters. The van der Waals surface area contributed by atoms with Crippen LogP contribution in [0.25, 0.3) is 11.2 Å². The number of carbonyl (C=O) groups is 1. The van der Waals surface area contributed by atoms with Crippen LogP contribution in [0.1, 0.15) is 43.7 Å². The molecule has 0 radical (unpaired) electrons. The number of likely N-dealkylation sites (tertiary alicyclic amines) is 1. The molecule has 5 nitrogen and oxygen atoms in total. The number of carbonyl (C=O) groups excluding carboxylic acids is 1. The fraction of sp³-hybridized carbons (Fsp3) is 0.435. The molecule has 0 unspecified atom stereocenters. The Bertz CT molecular complexity index is 982. The van der Waals surface area contributed by atoms with Gasteiger partial charge in [-0.2, -0.15) is 0 Å². The monoisotopic (exact) mass is 408 g/mol. The summed E-state index contributed by atoms with van der Waals surface area (Å²) in [6.07, 6.45) is 6.22. The lowest BCUT2D eigenvalue weighted by Gasteiger charge is -2.35. The molecule has 1 aliphatic rings. The van der Waals surface area contributed by atoms with Gasteiger partial charge in [-0.05, 0) is 50.3 Å². The number of hydrogen-bond donors (Lipinski definition) is 0. The Morgan fingerprint density at radius 2 is 2.03 bits per heavy atom. The molecule has 4 rings (SSSR count). The minimum Gasteiger partial charge on any atom is -0.338 e. The SMILES string of the molecule is CC[C@@H]1CCCCN1C(=O)Cn1c(SCc2ccc(C)cc2)nc2cccnc21. The van der Waals surface area contributed by atoms with Crippen LogP contribution in [0.3, 0.4) is 0 Å². The first-order chi connectivity index (χ1) is 14.2. The second-order valence-electron chi connectivity index (χ2n) is 7.75. The molecule has 1 amide bonds. The Hall–Kier alpha value is -2.34. The van der Waals surface area contributed by atoms with Crippen molar-refractivity contribution in [3.05, 3.63) is 53.7 Å². The van der Waals surface area contributed by atoms with Crippen molar-refractivity contribution in [3.8, 4) is 0 Å². The summed E-state index contributed by atoms with van der Waals surface area (Å²) >= 11 is 1.67. The number of rotatable bonds is 6. The topological polar surface area (TPSA) is 51.0 Å². The molecule has 1 aliphatic heterocycles. The van der Waals surface area contributed by atoms with E-state index in [1.807, 2.05) is 16.7 Å². The van der Waals surface area contributed by atoms with E-state index >= 15 is 0 Å². The van der Waals surface area contributed by atoms with Crippen molar-refractivity contribution >= 4 is 28.8 Å². The highest BCUT2D eigenvalue weighted by molar-refractivity contribution is 7.98. The van der Waals surface area contributed by atoms with Gasteiger partial charge in [0.1, 0.15) is 12.1 Å². The first kappa shape index (κ1) is 20.0. The van der Waals surface area contributed by atoms with Gasteiger partial charge in [-0.3, -0.25) is 9.36 Å². The molecular weight excluding hydrogens is 380 g/mol. The van der Waals surface area contributed by atoms with E-state index in [1.54, 1.807) is 18.0 Å². The lowest BCUT2D eigenvalue weighted by atomic mass is 10.00. The first-order valence-electron chi connectivity index (χ1n) is 10.4. The van der Waals surface area contributed by atoms with Crippen LogP contribution in [0, 0.1) is 6.92 Å². The number of imidazole rings is 1. The summed E-state index contributed by atoms with van der Waals surface area (Å²) in [5.74, 6) is 0.998. The zero-order valence-corrected chi connectivity index (χ0v) is 18.0. The summed E-state index contributed by atoms with van der Waals surface area (Å²) in [4.78, 5) is 24.6. The van der Waals surface area contributed by atoms with Crippen LogP contribution < -0.4 is 0 Å². The Morgan fingerprint density at radius 3 is 2.83 bits per heavy atom. The maximum absolute atomic E-state index is 13.2. The highest BCUT2D eigenvalue weighted by Crippen LogP contribution is 2.27. The van der Waals surface area contributed by atoms with E-state index in [0.29, 0.717) is 12.6 Å². The molecule has 0 saturated carbocycles. The Morgan fingerprint density at radius 1 is 1.21 bits per heavy atom. The second kappa shape index (κ2) is 8.99. The predicted octanol–water partition coefficient (Wildman–Crippen LogP) is 4.82. The van der Waals surface area contributed by atoms with E-state index in [1.165, 1.54) is 17.5 Å². The van der Waals surface area contributed by atoms with Gasteiger partial charge in [0.15, 0.2) is 10.8 Å². The molecule has 1 fully saturated rings. The highest BCUT2D eigenvalue weighted by Gasteiger charge is 2.26. The molecular formula is C23H28N4OS. The summed E-state index contributed by atoms with van der Waals surface area (Å²) in [6.45, 7) is 5.44. The van der Waals surface area contributed by atoms with Crippen LogP contribution in [0.2, 0.25) is 0 Å². The van der Waals surface area contributed by atoms with Crippen molar-refractivity contribution in [2.75, 3.05) is 6.54 Å². The van der Waals surface area contributed by atoms with Gasteiger partial charge < -0.3 is 4.90 Å². The van der Waals surface area contributed by atoms with Crippen LogP contribution in [0.5, 0.6) is 0 Å². The Kier molecular flexibility index (Phi) is 6.19. The maximum atomic E-state index is 13.2. The molecule has 152 valence electrons. The third kappa shape index (κ3) is 4.47. The van der Waals surface area contributed by atoms with Crippen molar-refractivity contribution in [2.24, 2.45) is 0 Å². The van der Waals surface area contributed by atoms with E-state index in [-0.39, 0.29) is 5.91 Å². The lowest BCUT2D eigenvalue weighted by Crippen LogP contribution is -2.44. The number of aryl methyl sites for hydroxylation is 1. The molecule has 29 heavy (non-hydrogen) atoms. The molecule has 0 aliphatic carbocycles. The van der Waals surface area contributed by atoms with Gasteiger partial charge in [0, 0.05) is 24.5 Å². The summed E-state index contributed by atoms with van der Waals surface area (Å²) in [5, 5.41) is 0.859. The average molecular weight is 409 g/mol. The highest BCUT2D eigenvalue weighted by atomic mass is 32.2. The predicted molar refractivity (Wildman–Crippen MR) is 118 cm³/mol. The number of aromatic nitrogens is 3.